The van der Waals surface area contributed by atoms with Crippen molar-refractivity contribution in [1.82, 2.24) is 4.98 Å². The molecule has 3 aromatic rings. The van der Waals surface area contributed by atoms with Crippen molar-refractivity contribution in [2.75, 3.05) is 0 Å². The van der Waals surface area contributed by atoms with Crippen LogP contribution in [0, 0.1) is 13.8 Å². The summed E-state index contributed by atoms with van der Waals surface area (Å²) in [5, 5.41) is 11.8. The van der Waals surface area contributed by atoms with Crippen molar-refractivity contribution < 1.29 is 9.84 Å². The van der Waals surface area contributed by atoms with Crippen molar-refractivity contribution in [2.45, 2.75) is 20.5 Å². The van der Waals surface area contributed by atoms with Gasteiger partial charge in [-0.25, -0.2) is 4.98 Å². The third kappa shape index (κ3) is 2.73. The second-order valence-electron chi connectivity index (χ2n) is 5.13. The molecule has 0 saturated carbocycles. The van der Waals surface area contributed by atoms with Crippen LogP contribution in [0.3, 0.4) is 0 Å². The lowest BCUT2D eigenvalue weighted by molar-refractivity contribution is 0.274. The van der Waals surface area contributed by atoms with Gasteiger partial charge in [-0.2, -0.15) is 0 Å². The monoisotopic (exact) mass is 279 g/mol. The standard InChI is InChI=1S/C18H17NO2/c1-12-9-13(2)19-18(17(12)11-20)21-16-8-7-14-5-3-4-6-15(14)10-16/h3-10,20H,11H2,1-2H3. The van der Waals surface area contributed by atoms with Crippen molar-refractivity contribution in [3.63, 3.8) is 0 Å². The molecule has 106 valence electrons. The van der Waals surface area contributed by atoms with E-state index in [4.69, 9.17) is 4.74 Å². The number of aryl methyl sites for hydroxylation is 2. The van der Waals surface area contributed by atoms with Gasteiger partial charge in [0.1, 0.15) is 5.75 Å². The van der Waals surface area contributed by atoms with E-state index in [0.717, 1.165) is 28.0 Å². The van der Waals surface area contributed by atoms with Gasteiger partial charge in [0.25, 0.3) is 0 Å². The van der Waals surface area contributed by atoms with Crippen LogP contribution < -0.4 is 4.74 Å². The topological polar surface area (TPSA) is 42.4 Å². The number of aliphatic hydroxyl groups excluding tert-OH is 1. The molecule has 0 spiro atoms. The molecule has 0 aliphatic rings. The van der Waals surface area contributed by atoms with Crippen LogP contribution in [0.2, 0.25) is 0 Å². The molecule has 0 aliphatic carbocycles. The lowest BCUT2D eigenvalue weighted by Crippen LogP contribution is -1.99. The van der Waals surface area contributed by atoms with Crippen LogP contribution in [-0.4, -0.2) is 10.1 Å². The third-order valence-corrected chi connectivity index (χ3v) is 3.53. The molecule has 0 radical (unpaired) electrons. The molecule has 0 unspecified atom stereocenters. The Bertz CT molecular complexity index is 796. The van der Waals surface area contributed by atoms with Gasteiger partial charge in [-0.15, -0.1) is 0 Å². The zero-order chi connectivity index (χ0) is 14.8. The Kier molecular flexibility index (Phi) is 3.59. The smallest absolute Gasteiger partial charge is 0.225 e. The molecule has 0 atom stereocenters. The Labute approximate surface area is 123 Å². The first-order valence-electron chi connectivity index (χ1n) is 6.92. The summed E-state index contributed by atoms with van der Waals surface area (Å²) >= 11 is 0. The number of rotatable bonds is 3. The van der Waals surface area contributed by atoms with Gasteiger partial charge in [-0.05, 0) is 48.4 Å². The predicted molar refractivity (Wildman–Crippen MR) is 83.7 cm³/mol. The zero-order valence-corrected chi connectivity index (χ0v) is 12.1. The second-order valence-corrected chi connectivity index (χ2v) is 5.13. The number of fused-ring (bicyclic) bond motifs is 1. The lowest BCUT2D eigenvalue weighted by Gasteiger charge is -2.12. The minimum Gasteiger partial charge on any atom is -0.439 e. The first-order chi connectivity index (χ1) is 10.2. The van der Waals surface area contributed by atoms with Crippen molar-refractivity contribution in [3.8, 4) is 11.6 Å². The Morgan fingerprint density at radius 1 is 1.00 bits per heavy atom. The van der Waals surface area contributed by atoms with Gasteiger partial charge >= 0.3 is 0 Å². The quantitative estimate of drug-likeness (QED) is 0.783. The van der Waals surface area contributed by atoms with E-state index in [-0.39, 0.29) is 6.61 Å². The van der Waals surface area contributed by atoms with Crippen LogP contribution in [-0.2, 0) is 6.61 Å². The summed E-state index contributed by atoms with van der Waals surface area (Å²) in [6.45, 7) is 3.79. The molecule has 3 nitrogen and oxygen atoms in total. The van der Waals surface area contributed by atoms with E-state index in [9.17, 15) is 5.11 Å². The molecule has 1 aromatic heterocycles. The van der Waals surface area contributed by atoms with Crippen LogP contribution in [0.5, 0.6) is 11.6 Å². The summed E-state index contributed by atoms with van der Waals surface area (Å²) in [7, 11) is 0. The van der Waals surface area contributed by atoms with Crippen LogP contribution in [0.25, 0.3) is 10.8 Å². The Hall–Kier alpha value is -2.39. The lowest BCUT2D eigenvalue weighted by atomic mass is 10.1. The molecule has 21 heavy (non-hydrogen) atoms. The molecule has 0 amide bonds. The van der Waals surface area contributed by atoms with Crippen molar-refractivity contribution >= 4 is 10.8 Å². The minimum absolute atomic E-state index is 0.0813. The van der Waals surface area contributed by atoms with E-state index in [1.54, 1.807) is 0 Å². The number of pyridine rings is 1. The molecule has 0 saturated heterocycles. The van der Waals surface area contributed by atoms with Gasteiger partial charge in [0.2, 0.25) is 5.88 Å². The maximum atomic E-state index is 9.52. The normalized spacial score (nSPS) is 10.8. The fraction of sp³-hybridized carbons (Fsp3) is 0.167. The predicted octanol–water partition coefficient (Wildman–Crippen LogP) is 4.14. The van der Waals surface area contributed by atoms with Crippen LogP contribution in [0.15, 0.2) is 48.5 Å². The maximum absolute atomic E-state index is 9.52. The number of benzene rings is 2. The zero-order valence-electron chi connectivity index (χ0n) is 12.1. The number of ether oxygens (including phenoxy) is 1. The molecule has 1 N–H and O–H groups in total. The average Bonchev–Trinajstić information content (AvgIpc) is 2.47. The largest absolute Gasteiger partial charge is 0.439 e. The third-order valence-electron chi connectivity index (χ3n) is 3.53. The Morgan fingerprint density at radius 3 is 2.52 bits per heavy atom. The van der Waals surface area contributed by atoms with Gasteiger partial charge < -0.3 is 9.84 Å². The molecular formula is C18H17NO2. The molecule has 1 heterocycles. The minimum atomic E-state index is -0.0813. The Balaban J connectivity index is 2.02. The molecule has 0 fully saturated rings. The highest BCUT2D eigenvalue weighted by molar-refractivity contribution is 5.83. The van der Waals surface area contributed by atoms with Gasteiger partial charge in [0, 0.05) is 11.3 Å². The summed E-state index contributed by atoms with van der Waals surface area (Å²) in [5.74, 6) is 1.20. The summed E-state index contributed by atoms with van der Waals surface area (Å²) in [6, 6.07) is 16.0. The molecule has 3 rings (SSSR count). The van der Waals surface area contributed by atoms with Gasteiger partial charge in [-0.1, -0.05) is 30.3 Å². The van der Waals surface area contributed by atoms with Gasteiger partial charge in [0.15, 0.2) is 0 Å². The van der Waals surface area contributed by atoms with Gasteiger partial charge in [-0.3, -0.25) is 0 Å². The van der Waals surface area contributed by atoms with E-state index in [0.29, 0.717) is 5.88 Å². The number of aliphatic hydroxyl groups is 1. The first-order valence-corrected chi connectivity index (χ1v) is 6.92. The van der Waals surface area contributed by atoms with Crippen molar-refractivity contribution in [1.29, 1.82) is 0 Å². The van der Waals surface area contributed by atoms with Crippen LogP contribution >= 0.6 is 0 Å². The van der Waals surface area contributed by atoms with Crippen LogP contribution in [0.4, 0.5) is 0 Å². The number of hydrogen-bond acceptors (Lipinski definition) is 3. The SMILES string of the molecule is Cc1cc(C)c(CO)c(Oc2ccc3ccccc3c2)n1. The van der Waals surface area contributed by atoms with Crippen LogP contribution in [0.1, 0.15) is 16.8 Å². The number of nitrogens with zero attached hydrogens (tertiary/aromatic N) is 1. The van der Waals surface area contributed by atoms with E-state index in [1.807, 2.05) is 56.3 Å². The van der Waals surface area contributed by atoms with E-state index >= 15 is 0 Å². The summed E-state index contributed by atoms with van der Waals surface area (Å²) in [4.78, 5) is 4.40. The second kappa shape index (κ2) is 5.54. The number of aromatic nitrogens is 1. The fourth-order valence-electron chi connectivity index (χ4n) is 2.45. The highest BCUT2D eigenvalue weighted by Gasteiger charge is 2.10. The highest BCUT2D eigenvalue weighted by atomic mass is 16.5. The van der Waals surface area contributed by atoms with Crippen molar-refractivity contribution in [3.05, 3.63) is 65.4 Å². The molecule has 0 bridgehead atoms. The number of hydrogen-bond donors (Lipinski definition) is 1. The summed E-state index contributed by atoms with van der Waals surface area (Å²) in [6.07, 6.45) is 0. The fourth-order valence-corrected chi connectivity index (χ4v) is 2.45. The molecular weight excluding hydrogens is 262 g/mol. The highest BCUT2D eigenvalue weighted by Crippen LogP contribution is 2.28. The van der Waals surface area contributed by atoms with E-state index < -0.39 is 0 Å². The maximum Gasteiger partial charge on any atom is 0.225 e. The Morgan fingerprint density at radius 2 is 1.76 bits per heavy atom. The first kappa shape index (κ1) is 13.6. The summed E-state index contributed by atoms with van der Waals surface area (Å²) in [5.41, 5.74) is 2.59. The molecule has 0 aliphatic heterocycles. The average molecular weight is 279 g/mol. The molecule has 2 aromatic carbocycles. The molecule has 3 heteroatoms. The van der Waals surface area contributed by atoms with Gasteiger partial charge in [0.05, 0.1) is 6.61 Å². The van der Waals surface area contributed by atoms with E-state index in [2.05, 4.69) is 11.1 Å². The van der Waals surface area contributed by atoms with E-state index in [1.165, 1.54) is 5.39 Å². The van der Waals surface area contributed by atoms with Crippen molar-refractivity contribution in [2.24, 2.45) is 0 Å². The summed E-state index contributed by atoms with van der Waals surface area (Å²) < 4.78 is 5.90.